The maximum Gasteiger partial charge on any atom is 0.225 e. The number of halogens is 1. The van der Waals surface area contributed by atoms with Crippen molar-refractivity contribution in [2.45, 2.75) is 51.9 Å². The van der Waals surface area contributed by atoms with Gasteiger partial charge in [0.15, 0.2) is 0 Å². The first-order valence-corrected chi connectivity index (χ1v) is 6.57. The van der Waals surface area contributed by atoms with Gasteiger partial charge in [0.05, 0.1) is 0 Å². The molecule has 0 atom stereocenters. The van der Waals surface area contributed by atoms with Crippen LogP contribution in [0.1, 0.15) is 51.9 Å². The van der Waals surface area contributed by atoms with Crippen LogP contribution >= 0.6 is 11.6 Å². The van der Waals surface area contributed by atoms with E-state index in [9.17, 15) is 4.79 Å². The van der Waals surface area contributed by atoms with Gasteiger partial charge in [-0.1, -0.05) is 26.2 Å². The first-order valence-electron chi connectivity index (χ1n) is 6.03. The summed E-state index contributed by atoms with van der Waals surface area (Å²) in [7, 11) is 0. The minimum Gasteiger partial charge on any atom is -0.356 e. The molecule has 2 nitrogen and oxygen atoms in total. The second-order valence-corrected chi connectivity index (χ2v) is 5.15. The zero-order valence-electron chi connectivity index (χ0n) is 9.65. The maximum absolute atomic E-state index is 11.9. The summed E-state index contributed by atoms with van der Waals surface area (Å²) in [5.74, 6) is 0.935. The van der Waals surface area contributed by atoms with Crippen LogP contribution in [-0.2, 0) is 4.79 Å². The van der Waals surface area contributed by atoms with Crippen LogP contribution in [0.2, 0.25) is 0 Å². The molecule has 1 N–H and O–H groups in total. The number of carbonyl (C=O) groups excluding carboxylic acids is 1. The van der Waals surface area contributed by atoms with Gasteiger partial charge in [0.2, 0.25) is 5.91 Å². The SMILES string of the molecule is CC1(C(=O)NCCCCCl)CCCCC1. The van der Waals surface area contributed by atoms with Gasteiger partial charge in [-0.3, -0.25) is 4.79 Å². The Balaban J connectivity index is 2.25. The van der Waals surface area contributed by atoms with Crippen molar-refractivity contribution in [2.24, 2.45) is 5.41 Å². The van der Waals surface area contributed by atoms with Crippen molar-refractivity contribution in [3.63, 3.8) is 0 Å². The third-order valence-corrected chi connectivity index (χ3v) is 3.62. The standard InChI is InChI=1S/C12H22ClNO/c1-12(7-3-2-4-8-12)11(15)14-10-6-5-9-13/h2-10H2,1H3,(H,14,15). The summed E-state index contributed by atoms with van der Waals surface area (Å²) in [5, 5.41) is 3.03. The zero-order chi connectivity index (χ0) is 11.1. The molecule has 3 heteroatoms. The van der Waals surface area contributed by atoms with Crippen molar-refractivity contribution in [3.8, 4) is 0 Å². The predicted octanol–water partition coefficient (Wildman–Crippen LogP) is 3.09. The molecule has 88 valence electrons. The van der Waals surface area contributed by atoms with E-state index in [2.05, 4.69) is 12.2 Å². The van der Waals surface area contributed by atoms with Gasteiger partial charge < -0.3 is 5.32 Å². The number of amides is 1. The lowest BCUT2D eigenvalue weighted by atomic mass is 9.75. The topological polar surface area (TPSA) is 29.1 Å². The highest BCUT2D eigenvalue weighted by Gasteiger charge is 2.33. The molecule has 1 amide bonds. The number of alkyl halides is 1. The van der Waals surface area contributed by atoms with E-state index >= 15 is 0 Å². The molecule has 0 saturated heterocycles. The molecule has 0 aromatic carbocycles. The molecule has 15 heavy (non-hydrogen) atoms. The van der Waals surface area contributed by atoms with E-state index in [4.69, 9.17) is 11.6 Å². The second kappa shape index (κ2) is 6.37. The van der Waals surface area contributed by atoms with Gasteiger partial charge in [0.1, 0.15) is 0 Å². The molecule has 1 fully saturated rings. The van der Waals surface area contributed by atoms with Gasteiger partial charge >= 0.3 is 0 Å². The molecule has 0 bridgehead atoms. The highest BCUT2D eigenvalue weighted by Crippen LogP contribution is 2.35. The zero-order valence-corrected chi connectivity index (χ0v) is 10.4. The molecule has 0 spiro atoms. The van der Waals surface area contributed by atoms with E-state index in [1.54, 1.807) is 0 Å². The summed E-state index contributed by atoms with van der Waals surface area (Å²) in [6.07, 6.45) is 7.76. The van der Waals surface area contributed by atoms with Gasteiger partial charge in [0, 0.05) is 17.8 Å². The highest BCUT2D eigenvalue weighted by molar-refractivity contribution is 6.17. The average molecular weight is 232 g/mol. The Morgan fingerprint density at radius 3 is 2.53 bits per heavy atom. The van der Waals surface area contributed by atoms with E-state index in [1.165, 1.54) is 19.3 Å². The third-order valence-electron chi connectivity index (χ3n) is 3.35. The van der Waals surface area contributed by atoms with Gasteiger partial charge in [-0.2, -0.15) is 0 Å². The summed E-state index contributed by atoms with van der Waals surface area (Å²) in [6, 6.07) is 0. The van der Waals surface area contributed by atoms with Crippen LogP contribution < -0.4 is 5.32 Å². The maximum atomic E-state index is 11.9. The molecule has 1 rings (SSSR count). The third kappa shape index (κ3) is 4.02. The van der Waals surface area contributed by atoms with Crippen molar-refractivity contribution < 1.29 is 4.79 Å². The Bertz CT molecular complexity index is 200. The number of rotatable bonds is 5. The number of carbonyl (C=O) groups is 1. The normalized spacial score (nSPS) is 19.9. The van der Waals surface area contributed by atoms with Crippen LogP contribution in [0.4, 0.5) is 0 Å². The Hall–Kier alpha value is -0.240. The Labute approximate surface area is 97.8 Å². The van der Waals surface area contributed by atoms with Crippen LogP contribution in [-0.4, -0.2) is 18.3 Å². The number of nitrogens with one attached hydrogen (secondary N) is 1. The molecule has 0 heterocycles. The average Bonchev–Trinajstić information content (AvgIpc) is 2.25. The van der Waals surface area contributed by atoms with E-state index in [0.717, 1.165) is 32.2 Å². The van der Waals surface area contributed by atoms with E-state index in [1.807, 2.05) is 0 Å². The number of unbranched alkanes of at least 4 members (excludes halogenated alkanes) is 1. The van der Waals surface area contributed by atoms with Gasteiger partial charge in [-0.15, -0.1) is 11.6 Å². The molecular weight excluding hydrogens is 210 g/mol. The quantitative estimate of drug-likeness (QED) is 0.572. The molecular formula is C12H22ClNO. The smallest absolute Gasteiger partial charge is 0.225 e. The summed E-state index contributed by atoms with van der Waals surface area (Å²) < 4.78 is 0. The number of hydrogen-bond donors (Lipinski definition) is 1. The van der Waals surface area contributed by atoms with Crippen LogP contribution in [0.25, 0.3) is 0 Å². The lowest BCUT2D eigenvalue weighted by Crippen LogP contribution is -2.40. The van der Waals surface area contributed by atoms with Gasteiger partial charge in [0.25, 0.3) is 0 Å². The van der Waals surface area contributed by atoms with Crippen LogP contribution in [0.5, 0.6) is 0 Å². The fourth-order valence-electron chi connectivity index (χ4n) is 2.19. The van der Waals surface area contributed by atoms with Crippen LogP contribution in [0.15, 0.2) is 0 Å². The molecule has 1 aliphatic carbocycles. The first kappa shape index (κ1) is 12.8. The van der Waals surface area contributed by atoms with E-state index in [-0.39, 0.29) is 11.3 Å². The predicted molar refractivity (Wildman–Crippen MR) is 64.2 cm³/mol. The van der Waals surface area contributed by atoms with E-state index in [0.29, 0.717) is 5.88 Å². The van der Waals surface area contributed by atoms with E-state index < -0.39 is 0 Å². The molecule has 1 aliphatic rings. The second-order valence-electron chi connectivity index (χ2n) is 4.77. The minimum atomic E-state index is -0.0980. The van der Waals surface area contributed by atoms with Crippen LogP contribution in [0, 0.1) is 5.41 Å². The molecule has 0 radical (unpaired) electrons. The Kier molecular flexibility index (Phi) is 5.44. The molecule has 0 aromatic rings. The Morgan fingerprint density at radius 1 is 1.27 bits per heavy atom. The van der Waals surface area contributed by atoms with Crippen molar-refractivity contribution in [1.29, 1.82) is 0 Å². The molecule has 0 aliphatic heterocycles. The molecule has 1 saturated carbocycles. The highest BCUT2D eigenvalue weighted by atomic mass is 35.5. The van der Waals surface area contributed by atoms with Crippen molar-refractivity contribution in [2.75, 3.05) is 12.4 Å². The fraction of sp³-hybridized carbons (Fsp3) is 0.917. The summed E-state index contributed by atoms with van der Waals surface area (Å²) in [5.41, 5.74) is -0.0980. The minimum absolute atomic E-state index is 0.0980. The first-order chi connectivity index (χ1) is 7.19. The lowest BCUT2D eigenvalue weighted by molar-refractivity contribution is -0.131. The summed E-state index contributed by atoms with van der Waals surface area (Å²) >= 11 is 5.58. The Morgan fingerprint density at radius 2 is 1.93 bits per heavy atom. The van der Waals surface area contributed by atoms with Gasteiger partial charge in [-0.05, 0) is 25.7 Å². The monoisotopic (exact) mass is 231 g/mol. The van der Waals surface area contributed by atoms with Crippen molar-refractivity contribution >= 4 is 17.5 Å². The number of hydrogen-bond acceptors (Lipinski definition) is 1. The largest absolute Gasteiger partial charge is 0.356 e. The molecule has 0 aromatic heterocycles. The van der Waals surface area contributed by atoms with Crippen molar-refractivity contribution in [1.82, 2.24) is 5.32 Å². The van der Waals surface area contributed by atoms with Crippen LogP contribution in [0.3, 0.4) is 0 Å². The van der Waals surface area contributed by atoms with Gasteiger partial charge in [-0.25, -0.2) is 0 Å². The fourth-order valence-corrected chi connectivity index (χ4v) is 2.38. The van der Waals surface area contributed by atoms with Crippen molar-refractivity contribution in [3.05, 3.63) is 0 Å². The molecule has 0 unspecified atom stereocenters. The summed E-state index contributed by atoms with van der Waals surface area (Å²) in [4.78, 5) is 11.9. The lowest BCUT2D eigenvalue weighted by Gasteiger charge is -2.32. The summed E-state index contributed by atoms with van der Waals surface area (Å²) in [6.45, 7) is 2.88.